The molecule has 0 spiro atoms. The zero-order chi connectivity index (χ0) is 25.8. The molecule has 1 N–H and O–H groups in total. The number of hydrogen-bond donors (Lipinski definition) is 1. The van der Waals surface area contributed by atoms with Crippen LogP contribution in [-0.2, 0) is 29.6 Å². The van der Waals surface area contributed by atoms with E-state index in [4.69, 9.17) is 9.72 Å². The summed E-state index contributed by atoms with van der Waals surface area (Å²) in [7, 11) is 3.51. The first kappa shape index (κ1) is 24.6. The van der Waals surface area contributed by atoms with Crippen LogP contribution in [0, 0.1) is 0 Å². The molecule has 2 amide bonds. The molecule has 0 aliphatic carbocycles. The third kappa shape index (κ3) is 5.24. The second kappa shape index (κ2) is 10.9. The maximum atomic E-state index is 14.2. The SMILES string of the molecule is COCc1nc2cc(NC(=O)Cc3ccccc3)cc(C(=O)N3CCCC[C@@H]3c3ccccn3)c2n1C. The molecule has 8 heteroatoms. The lowest BCUT2D eigenvalue weighted by Gasteiger charge is -2.35. The fourth-order valence-electron chi connectivity index (χ4n) is 5.09. The first-order valence-corrected chi connectivity index (χ1v) is 12.6. The van der Waals surface area contributed by atoms with Crippen LogP contribution in [-0.4, -0.2) is 44.9 Å². The number of anilines is 1. The van der Waals surface area contributed by atoms with Gasteiger partial charge in [-0.15, -0.1) is 0 Å². The summed E-state index contributed by atoms with van der Waals surface area (Å²) in [5.41, 5.74) is 4.23. The van der Waals surface area contributed by atoms with Gasteiger partial charge in [-0.05, 0) is 49.1 Å². The van der Waals surface area contributed by atoms with E-state index < -0.39 is 0 Å². The van der Waals surface area contributed by atoms with Crippen molar-refractivity contribution in [2.75, 3.05) is 19.0 Å². The van der Waals surface area contributed by atoms with Crippen LogP contribution in [0.4, 0.5) is 5.69 Å². The standard InChI is InChI=1S/C29H31N5O3/c1-33-26(19-37-2)32-24-18-21(31-27(35)16-20-10-4-3-5-11-20)17-22(28(24)33)29(36)34-15-9-7-13-25(34)23-12-6-8-14-30-23/h3-6,8,10-12,14,17-18,25H,7,9,13,15-16,19H2,1-2H3,(H,31,35)/t25-/m1/s1. The summed E-state index contributed by atoms with van der Waals surface area (Å²) < 4.78 is 7.24. The fourth-order valence-corrected chi connectivity index (χ4v) is 5.09. The number of imidazole rings is 1. The minimum atomic E-state index is -0.152. The number of benzene rings is 2. The smallest absolute Gasteiger partial charge is 0.256 e. The van der Waals surface area contributed by atoms with E-state index in [2.05, 4.69) is 10.3 Å². The highest BCUT2D eigenvalue weighted by Crippen LogP contribution is 2.33. The number of aromatic nitrogens is 3. The van der Waals surface area contributed by atoms with Crippen molar-refractivity contribution in [1.29, 1.82) is 0 Å². The number of nitrogens with one attached hydrogen (secondary N) is 1. The van der Waals surface area contributed by atoms with Gasteiger partial charge in [-0.1, -0.05) is 36.4 Å². The van der Waals surface area contributed by atoms with Crippen molar-refractivity contribution in [2.45, 2.75) is 38.3 Å². The normalized spacial score (nSPS) is 15.6. The molecule has 1 aliphatic rings. The predicted molar refractivity (Wildman–Crippen MR) is 142 cm³/mol. The number of ether oxygens (including phenoxy) is 1. The van der Waals surface area contributed by atoms with Crippen LogP contribution in [0.1, 0.15) is 52.7 Å². The van der Waals surface area contributed by atoms with E-state index in [0.717, 1.165) is 36.0 Å². The molecule has 4 aromatic rings. The van der Waals surface area contributed by atoms with Crippen LogP contribution in [0.2, 0.25) is 0 Å². The van der Waals surface area contributed by atoms with E-state index in [-0.39, 0.29) is 24.3 Å². The van der Waals surface area contributed by atoms with Crippen LogP contribution < -0.4 is 5.32 Å². The number of fused-ring (bicyclic) bond motifs is 1. The minimum Gasteiger partial charge on any atom is -0.377 e. The zero-order valence-electron chi connectivity index (χ0n) is 21.2. The molecular weight excluding hydrogens is 466 g/mol. The largest absolute Gasteiger partial charge is 0.377 e. The number of carbonyl (C=O) groups excluding carboxylic acids is 2. The van der Waals surface area contributed by atoms with Gasteiger partial charge in [0.05, 0.1) is 34.8 Å². The first-order valence-electron chi connectivity index (χ1n) is 12.6. The van der Waals surface area contributed by atoms with Gasteiger partial charge >= 0.3 is 0 Å². The highest BCUT2D eigenvalue weighted by atomic mass is 16.5. The molecule has 0 saturated carbocycles. The lowest BCUT2D eigenvalue weighted by atomic mass is 9.97. The van der Waals surface area contributed by atoms with E-state index in [1.807, 2.05) is 71.1 Å². The summed E-state index contributed by atoms with van der Waals surface area (Å²) in [6.45, 7) is 0.962. The molecule has 1 fully saturated rings. The van der Waals surface area contributed by atoms with Gasteiger partial charge in [0.25, 0.3) is 5.91 Å². The van der Waals surface area contributed by atoms with Crippen molar-refractivity contribution in [3.63, 3.8) is 0 Å². The number of aryl methyl sites for hydroxylation is 1. The third-order valence-electron chi connectivity index (χ3n) is 6.85. The van der Waals surface area contributed by atoms with Gasteiger partial charge in [0.2, 0.25) is 5.91 Å². The maximum absolute atomic E-state index is 14.2. The van der Waals surface area contributed by atoms with Gasteiger partial charge in [0.15, 0.2) is 0 Å². The topological polar surface area (TPSA) is 89.3 Å². The summed E-state index contributed by atoms with van der Waals surface area (Å²) in [5, 5.41) is 2.98. The van der Waals surface area contributed by atoms with Crippen molar-refractivity contribution < 1.29 is 14.3 Å². The Bertz CT molecular complexity index is 1400. The summed E-state index contributed by atoms with van der Waals surface area (Å²) in [6, 6.07) is 18.9. The predicted octanol–water partition coefficient (Wildman–Crippen LogP) is 4.66. The fraction of sp³-hybridized carbons (Fsp3) is 0.310. The molecule has 0 radical (unpaired) electrons. The Morgan fingerprint density at radius 1 is 1.08 bits per heavy atom. The summed E-state index contributed by atoms with van der Waals surface area (Å²) in [5.74, 6) is 0.465. The molecule has 1 saturated heterocycles. The number of amides is 2. The molecule has 2 aromatic heterocycles. The van der Waals surface area contributed by atoms with Gasteiger partial charge in [0, 0.05) is 32.6 Å². The number of hydrogen-bond acceptors (Lipinski definition) is 5. The molecule has 0 unspecified atom stereocenters. The summed E-state index contributed by atoms with van der Waals surface area (Å²) >= 11 is 0. The zero-order valence-corrected chi connectivity index (χ0v) is 21.2. The third-order valence-corrected chi connectivity index (χ3v) is 6.85. The lowest BCUT2D eigenvalue weighted by molar-refractivity contribution is -0.115. The van der Waals surface area contributed by atoms with E-state index >= 15 is 0 Å². The Hall–Kier alpha value is -4.04. The molecule has 1 aliphatic heterocycles. The van der Waals surface area contributed by atoms with E-state index in [9.17, 15) is 9.59 Å². The number of pyridine rings is 1. The van der Waals surface area contributed by atoms with Crippen LogP contribution in [0.15, 0.2) is 66.9 Å². The van der Waals surface area contributed by atoms with Crippen LogP contribution in [0.25, 0.3) is 11.0 Å². The second-order valence-electron chi connectivity index (χ2n) is 9.39. The maximum Gasteiger partial charge on any atom is 0.256 e. The van der Waals surface area contributed by atoms with Crippen LogP contribution in [0.5, 0.6) is 0 Å². The Kier molecular flexibility index (Phi) is 7.28. The Labute approximate surface area is 216 Å². The summed E-state index contributed by atoms with van der Waals surface area (Å²) in [4.78, 5) is 38.2. The van der Waals surface area contributed by atoms with Crippen molar-refractivity contribution in [1.82, 2.24) is 19.4 Å². The summed E-state index contributed by atoms with van der Waals surface area (Å²) in [6.07, 6.45) is 4.85. The monoisotopic (exact) mass is 497 g/mol. The average molecular weight is 498 g/mol. The van der Waals surface area contributed by atoms with Gasteiger partial charge in [0.1, 0.15) is 12.4 Å². The lowest BCUT2D eigenvalue weighted by Crippen LogP contribution is -2.39. The number of methoxy groups -OCH3 is 1. The Morgan fingerprint density at radius 3 is 2.65 bits per heavy atom. The number of nitrogens with zero attached hydrogens (tertiary/aromatic N) is 4. The minimum absolute atomic E-state index is 0.0912. The van der Waals surface area contributed by atoms with E-state index in [0.29, 0.717) is 35.7 Å². The van der Waals surface area contributed by atoms with Crippen LogP contribution >= 0.6 is 0 Å². The van der Waals surface area contributed by atoms with Gasteiger partial charge in [-0.2, -0.15) is 0 Å². The number of piperidine rings is 1. The van der Waals surface area contributed by atoms with E-state index in [1.165, 1.54) is 0 Å². The van der Waals surface area contributed by atoms with Gasteiger partial charge in [-0.25, -0.2) is 4.98 Å². The molecule has 2 aromatic carbocycles. The molecule has 8 nitrogen and oxygen atoms in total. The molecule has 3 heterocycles. The van der Waals surface area contributed by atoms with Crippen molar-refractivity contribution in [2.24, 2.45) is 7.05 Å². The number of likely N-dealkylation sites (tertiary alicyclic amines) is 1. The van der Waals surface area contributed by atoms with E-state index in [1.54, 1.807) is 19.4 Å². The van der Waals surface area contributed by atoms with Crippen molar-refractivity contribution in [3.05, 3.63) is 89.5 Å². The second-order valence-corrected chi connectivity index (χ2v) is 9.39. The highest BCUT2D eigenvalue weighted by molar-refractivity contribution is 6.08. The molecule has 37 heavy (non-hydrogen) atoms. The first-order chi connectivity index (χ1) is 18.0. The molecule has 190 valence electrons. The quantitative estimate of drug-likeness (QED) is 0.401. The Balaban J connectivity index is 1.53. The number of carbonyl (C=O) groups is 2. The molecule has 1 atom stereocenters. The van der Waals surface area contributed by atoms with Crippen molar-refractivity contribution >= 4 is 28.5 Å². The number of rotatable bonds is 7. The molecular formula is C29H31N5O3. The van der Waals surface area contributed by atoms with Gasteiger partial charge < -0.3 is 19.5 Å². The van der Waals surface area contributed by atoms with Crippen LogP contribution in [0.3, 0.4) is 0 Å². The molecule has 5 rings (SSSR count). The average Bonchev–Trinajstić information content (AvgIpc) is 3.23. The highest BCUT2D eigenvalue weighted by Gasteiger charge is 2.31. The molecule has 0 bridgehead atoms. The van der Waals surface area contributed by atoms with Gasteiger partial charge in [-0.3, -0.25) is 14.6 Å². The van der Waals surface area contributed by atoms with Crippen molar-refractivity contribution in [3.8, 4) is 0 Å². The Morgan fingerprint density at radius 2 is 1.89 bits per heavy atom.